The monoisotopic (exact) mass is 1670 g/mol. The lowest BCUT2D eigenvalue weighted by atomic mass is 10.0. The average molecular weight is 1670 g/mol. The number of carbonyl (C=O) groups is 6. The molecule has 0 radical (unpaired) electrons. The highest BCUT2D eigenvalue weighted by atomic mass is 16.6. The van der Waals surface area contributed by atoms with Crippen molar-refractivity contribution in [3.63, 3.8) is 0 Å². The molecule has 0 rings (SSSR count). The first-order valence-electron chi connectivity index (χ1n) is 52.4. The average Bonchev–Trinajstić information content (AvgIpc) is 0.946. The van der Waals surface area contributed by atoms with Gasteiger partial charge in [-0.05, 0) is 89.9 Å². The lowest BCUT2D eigenvalue weighted by molar-refractivity contribution is -0.167. The molecule has 0 aliphatic heterocycles. The second-order valence-corrected chi connectivity index (χ2v) is 35.6. The summed E-state index contributed by atoms with van der Waals surface area (Å²) in [5.41, 5.74) is 0. The minimum Gasteiger partial charge on any atom is -0.462 e. The van der Waals surface area contributed by atoms with Crippen LogP contribution in [0.3, 0.4) is 0 Å². The first-order valence-corrected chi connectivity index (χ1v) is 52.4. The Morgan fingerprint density at radius 2 is 0.280 bits per heavy atom. The predicted octanol–water partition coefficient (Wildman–Crippen LogP) is 34.0. The molecule has 0 heterocycles. The van der Waals surface area contributed by atoms with Crippen LogP contribution in [0.15, 0.2) is 24.3 Å². The first kappa shape index (κ1) is 116. The zero-order valence-corrected chi connectivity index (χ0v) is 79.6. The fraction of sp³-hybridized carbons (Fsp3) is 0.906. The molecule has 0 unspecified atom stereocenters. The molecule has 0 aromatic carbocycles. The Bertz CT molecular complexity index is 1890. The van der Waals surface area contributed by atoms with Gasteiger partial charge < -0.3 is 28.4 Å². The summed E-state index contributed by atoms with van der Waals surface area (Å²) in [5.74, 6) is -1.72. The molecule has 0 aromatic rings. The molecule has 0 saturated heterocycles. The van der Waals surface area contributed by atoms with Gasteiger partial charge in [0, 0.05) is 38.5 Å². The Kier molecular flexibility index (Phi) is 101. The van der Waals surface area contributed by atoms with Crippen LogP contribution in [0.25, 0.3) is 0 Å². The van der Waals surface area contributed by atoms with Crippen LogP contribution in [0.4, 0.5) is 0 Å². The maximum absolute atomic E-state index is 12.8. The summed E-state index contributed by atoms with van der Waals surface area (Å²) >= 11 is 0. The van der Waals surface area contributed by atoms with E-state index in [1.807, 2.05) is 0 Å². The summed E-state index contributed by atoms with van der Waals surface area (Å²) < 4.78 is 33.6. The van der Waals surface area contributed by atoms with Gasteiger partial charge in [0.25, 0.3) is 0 Å². The second kappa shape index (κ2) is 102. The second-order valence-electron chi connectivity index (χ2n) is 35.6. The zero-order chi connectivity index (χ0) is 85.9. The number of carbonyl (C=O) groups excluding carboxylic acids is 6. The van der Waals surface area contributed by atoms with E-state index in [4.69, 9.17) is 28.4 Å². The topological polar surface area (TPSA) is 158 Å². The molecule has 0 amide bonds. The summed E-state index contributed by atoms with van der Waals surface area (Å²) in [6, 6.07) is 0. The van der Waals surface area contributed by atoms with E-state index in [0.29, 0.717) is 38.5 Å². The number of unbranched alkanes of at least 4 members (excludes halogenated alkanes) is 70. The molecular formula is C106H200O12. The molecule has 0 atom stereocenters. The van der Waals surface area contributed by atoms with E-state index >= 15 is 0 Å². The highest BCUT2D eigenvalue weighted by Gasteiger charge is 2.22. The molecule has 12 nitrogen and oxygen atoms in total. The smallest absolute Gasteiger partial charge is 0.306 e. The van der Waals surface area contributed by atoms with Gasteiger partial charge in [-0.15, -0.1) is 0 Å². The van der Waals surface area contributed by atoms with Crippen molar-refractivity contribution in [1.29, 1.82) is 0 Å². The van der Waals surface area contributed by atoms with Crippen LogP contribution < -0.4 is 0 Å². The van der Waals surface area contributed by atoms with Crippen LogP contribution in [-0.2, 0) is 57.2 Å². The summed E-state index contributed by atoms with van der Waals surface area (Å²) in [7, 11) is 0. The maximum Gasteiger partial charge on any atom is 0.306 e. The van der Waals surface area contributed by atoms with Gasteiger partial charge in [0.1, 0.15) is 26.4 Å². The van der Waals surface area contributed by atoms with E-state index < -0.39 is 12.2 Å². The summed E-state index contributed by atoms with van der Waals surface area (Å²) in [6.45, 7) is 13.3. The van der Waals surface area contributed by atoms with Crippen LogP contribution in [-0.4, -0.2) is 74.5 Å². The van der Waals surface area contributed by atoms with Gasteiger partial charge in [0.05, 0.1) is 0 Å². The number of ether oxygens (including phenoxy) is 6. The molecule has 0 N–H and O–H groups in total. The molecule has 696 valence electrons. The summed E-state index contributed by atoms with van der Waals surface area (Å²) in [4.78, 5) is 75.9. The van der Waals surface area contributed by atoms with Gasteiger partial charge >= 0.3 is 35.8 Å². The third-order valence-corrected chi connectivity index (χ3v) is 23.5. The van der Waals surface area contributed by atoms with Crippen molar-refractivity contribution >= 4 is 35.8 Å². The minimum atomic E-state index is -0.767. The van der Waals surface area contributed by atoms with E-state index in [1.54, 1.807) is 0 Å². The van der Waals surface area contributed by atoms with Gasteiger partial charge in [-0.3, -0.25) is 28.8 Å². The van der Waals surface area contributed by atoms with Crippen molar-refractivity contribution in [2.24, 2.45) is 0 Å². The van der Waals surface area contributed by atoms with Crippen molar-refractivity contribution in [3.8, 4) is 0 Å². The lowest BCUT2D eigenvalue weighted by Gasteiger charge is -2.18. The van der Waals surface area contributed by atoms with Gasteiger partial charge in [0.2, 0.25) is 0 Å². The molecule has 0 fully saturated rings. The molecule has 118 heavy (non-hydrogen) atoms. The van der Waals surface area contributed by atoms with Crippen molar-refractivity contribution < 1.29 is 57.2 Å². The van der Waals surface area contributed by atoms with Crippen molar-refractivity contribution in [2.75, 3.05) is 26.4 Å². The molecule has 0 bridgehead atoms. The van der Waals surface area contributed by atoms with Crippen LogP contribution in [0.1, 0.15) is 581 Å². The first-order chi connectivity index (χ1) is 58.1. The maximum atomic E-state index is 12.8. The zero-order valence-electron chi connectivity index (χ0n) is 79.6. The van der Waals surface area contributed by atoms with Crippen LogP contribution in [0.5, 0.6) is 0 Å². The van der Waals surface area contributed by atoms with E-state index in [2.05, 4.69) is 65.8 Å². The molecule has 12 heteroatoms. The summed E-state index contributed by atoms with van der Waals surface area (Å²) in [5, 5.41) is 0. The minimum absolute atomic E-state index is 0.0680. The number of allylic oxidation sites excluding steroid dienone is 4. The molecule has 0 aromatic heterocycles. The highest BCUT2D eigenvalue weighted by molar-refractivity contribution is 5.72. The largest absolute Gasteiger partial charge is 0.462 e. The predicted molar refractivity (Wildman–Crippen MR) is 504 cm³/mol. The summed E-state index contributed by atoms with van der Waals surface area (Å²) in [6.07, 6.45) is 107. The molecule has 0 aliphatic rings. The third kappa shape index (κ3) is 99.4. The van der Waals surface area contributed by atoms with Crippen molar-refractivity contribution in [1.82, 2.24) is 0 Å². The van der Waals surface area contributed by atoms with Crippen LogP contribution in [0, 0.1) is 0 Å². The van der Waals surface area contributed by atoms with Crippen molar-refractivity contribution in [3.05, 3.63) is 24.3 Å². The number of esters is 6. The Labute approximate surface area is 732 Å². The number of hydrogen-bond acceptors (Lipinski definition) is 12. The standard InChI is InChI=1S/2C53H100O6/c2*1-4-7-10-13-16-19-22-25-26-29-32-35-38-41-44-47-53(56)59-50(48-57-51(54)45-42-39-36-33-30-27-23-20-17-14-11-8-5-2)49-58-52(55)46-43-40-37-34-31-28-24-21-18-15-12-9-6-3/h2*25-26,50H,4-24,27-49H2,1-3H3. The molecule has 0 saturated carbocycles. The fourth-order valence-electron chi connectivity index (χ4n) is 15.6. The van der Waals surface area contributed by atoms with E-state index in [-0.39, 0.29) is 62.2 Å². The number of rotatable bonds is 96. The van der Waals surface area contributed by atoms with E-state index in [0.717, 1.165) is 128 Å². The molecule has 0 spiro atoms. The number of hydrogen-bond donors (Lipinski definition) is 0. The SMILES string of the molecule is CCCCCCCCC=CCCCCCCCC(=O)OC(COC(=O)CCCCCCCCCCCCCCC)COC(=O)CCCCCCCCCCCCCCC.CCCCCCCCC=CCCCCCCCC(=O)OC(COC(=O)CCCCCCCCCCCCCCC)COC(=O)CCCCCCCCCCCCCCC. The molecular weight excluding hydrogens is 1470 g/mol. The Morgan fingerprint density at radius 1 is 0.161 bits per heavy atom. The fourth-order valence-corrected chi connectivity index (χ4v) is 15.6. The third-order valence-electron chi connectivity index (χ3n) is 23.5. The van der Waals surface area contributed by atoms with Gasteiger partial charge in [-0.25, -0.2) is 0 Å². The molecule has 0 aliphatic carbocycles. The lowest BCUT2D eigenvalue weighted by Crippen LogP contribution is -2.30. The highest BCUT2D eigenvalue weighted by Crippen LogP contribution is 2.21. The quantitative estimate of drug-likeness (QED) is 0.0246. The van der Waals surface area contributed by atoms with E-state index in [9.17, 15) is 28.8 Å². The van der Waals surface area contributed by atoms with Gasteiger partial charge in [-0.2, -0.15) is 0 Å². The van der Waals surface area contributed by atoms with Crippen LogP contribution in [0.2, 0.25) is 0 Å². The van der Waals surface area contributed by atoms with Crippen LogP contribution >= 0.6 is 0 Å². The van der Waals surface area contributed by atoms with E-state index in [1.165, 1.54) is 372 Å². The van der Waals surface area contributed by atoms with Gasteiger partial charge in [-0.1, -0.05) is 477 Å². The Balaban J connectivity index is 0. The van der Waals surface area contributed by atoms with Gasteiger partial charge in [0.15, 0.2) is 12.2 Å². The Hall–Kier alpha value is -3.70. The Morgan fingerprint density at radius 3 is 0.424 bits per heavy atom. The van der Waals surface area contributed by atoms with Crippen molar-refractivity contribution in [2.45, 2.75) is 593 Å². The normalized spacial score (nSPS) is 11.5.